The minimum atomic E-state index is -0.476. The van der Waals surface area contributed by atoms with Crippen molar-refractivity contribution in [3.05, 3.63) is 51.3 Å². The molecule has 0 aliphatic carbocycles. The SMILES string of the molecule is O=c1c(Cl)nsnc1OCc1ccccc1. The Balaban J connectivity index is 2.11. The van der Waals surface area contributed by atoms with Gasteiger partial charge in [0.2, 0.25) is 0 Å². The third-order valence-electron chi connectivity index (χ3n) is 1.84. The lowest BCUT2D eigenvalue weighted by Crippen LogP contribution is -2.10. The second-order valence-corrected chi connectivity index (χ2v) is 3.85. The smallest absolute Gasteiger partial charge is 0.279 e. The molecule has 1 heterocycles. The zero-order valence-corrected chi connectivity index (χ0v) is 9.66. The quantitative estimate of drug-likeness (QED) is 0.842. The molecule has 4 nitrogen and oxygen atoms in total. The lowest BCUT2D eigenvalue weighted by Gasteiger charge is -2.03. The van der Waals surface area contributed by atoms with Crippen molar-refractivity contribution in [1.29, 1.82) is 0 Å². The highest BCUT2D eigenvalue weighted by Crippen LogP contribution is 2.08. The van der Waals surface area contributed by atoms with Gasteiger partial charge in [0.05, 0.1) is 11.7 Å². The second kappa shape index (κ2) is 5.05. The Morgan fingerprint density at radius 3 is 2.75 bits per heavy atom. The van der Waals surface area contributed by atoms with Gasteiger partial charge in [0.25, 0.3) is 11.3 Å². The minimum Gasteiger partial charge on any atom is -0.469 e. The van der Waals surface area contributed by atoms with E-state index in [0.717, 1.165) is 17.3 Å². The molecule has 0 N–H and O–H groups in total. The molecule has 2 aromatic rings. The fraction of sp³-hybridized carbons (Fsp3) is 0.100. The number of benzene rings is 1. The van der Waals surface area contributed by atoms with E-state index in [0.29, 0.717) is 0 Å². The molecule has 82 valence electrons. The van der Waals surface area contributed by atoms with Crippen LogP contribution in [-0.2, 0) is 6.61 Å². The van der Waals surface area contributed by atoms with Crippen LogP contribution in [0.4, 0.5) is 0 Å². The maximum Gasteiger partial charge on any atom is 0.279 e. The highest BCUT2D eigenvalue weighted by molar-refractivity contribution is 6.99. The molecular formula is C10H7ClN2O2S. The molecule has 0 spiro atoms. The lowest BCUT2D eigenvalue weighted by atomic mass is 10.2. The topological polar surface area (TPSA) is 52.1 Å². The number of nitrogens with zero attached hydrogens (tertiary/aromatic N) is 2. The molecule has 0 amide bonds. The first-order valence-electron chi connectivity index (χ1n) is 4.46. The molecule has 2 rings (SSSR count). The van der Waals surface area contributed by atoms with Crippen LogP contribution in [0.1, 0.15) is 5.56 Å². The lowest BCUT2D eigenvalue weighted by molar-refractivity contribution is 0.293. The maximum atomic E-state index is 11.4. The van der Waals surface area contributed by atoms with E-state index < -0.39 is 5.43 Å². The van der Waals surface area contributed by atoms with Gasteiger partial charge in [0, 0.05) is 0 Å². The van der Waals surface area contributed by atoms with Gasteiger partial charge >= 0.3 is 0 Å². The molecule has 0 unspecified atom stereocenters. The Hall–Kier alpha value is -1.46. The van der Waals surface area contributed by atoms with E-state index in [4.69, 9.17) is 16.3 Å². The first kappa shape index (κ1) is 11.0. The van der Waals surface area contributed by atoms with Gasteiger partial charge in [0.15, 0.2) is 5.15 Å². The van der Waals surface area contributed by atoms with E-state index in [9.17, 15) is 4.79 Å². The molecule has 0 saturated carbocycles. The van der Waals surface area contributed by atoms with Crippen LogP contribution < -0.4 is 10.2 Å². The van der Waals surface area contributed by atoms with Gasteiger partial charge in [0.1, 0.15) is 6.61 Å². The maximum absolute atomic E-state index is 11.4. The predicted molar refractivity (Wildman–Crippen MR) is 62.0 cm³/mol. The van der Waals surface area contributed by atoms with Gasteiger partial charge in [-0.15, -0.1) is 4.37 Å². The summed E-state index contributed by atoms with van der Waals surface area (Å²) in [6.07, 6.45) is 0. The Bertz CT molecular complexity index is 530. The molecular weight excluding hydrogens is 248 g/mol. The van der Waals surface area contributed by atoms with Gasteiger partial charge in [-0.3, -0.25) is 4.79 Å². The van der Waals surface area contributed by atoms with Crippen LogP contribution in [0.3, 0.4) is 0 Å². The van der Waals surface area contributed by atoms with Crippen molar-refractivity contribution in [2.45, 2.75) is 6.61 Å². The normalized spacial score (nSPS) is 10.1. The average molecular weight is 255 g/mol. The number of rotatable bonds is 3. The van der Waals surface area contributed by atoms with E-state index >= 15 is 0 Å². The van der Waals surface area contributed by atoms with Gasteiger partial charge < -0.3 is 4.74 Å². The van der Waals surface area contributed by atoms with E-state index in [1.165, 1.54) is 0 Å². The Labute approximate surface area is 101 Å². The summed E-state index contributed by atoms with van der Waals surface area (Å²) in [6, 6.07) is 9.50. The van der Waals surface area contributed by atoms with Crippen molar-refractivity contribution in [2.75, 3.05) is 0 Å². The highest BCUT2D eigenvalue weighted by Gasteiger charge is 2.07. The van der Waals surface area contributed by atoms with Crippen molar-refractivity contribution in [3.63, 3.8) is 0 Å². The van der Waals surface area contributed by atoms with Gasteiger partial charge in [-0.2, -0.15) is 4.37 Å². The molecule has 0 radical (unpaired) electrons. The molecule has 16 heavy (non-hydrogen) atoms. The average Bonchev–Trinajstić information content (AvgIpc) is 2.32. The summed E-state index contributed by atoms with van der Waals surface area (Å²) in [5, 5.41) is -0.108. The third kappa shape index (κ3) is 2.56. The van der Waals surface area contributed by atoms with Gasteiger partial charge in [-0.1, -0.05) is 41.9 Å². The van der Waals surface area contributed by atoms with Gasteiger partial charge in [-0.05, 0) is 5.56 Å². The monoisotopic (exact) mass is 254 g/mol. The van der Waals surface area contributed by atoms with Gasteiger partial charge in [-0.25, -0.2) is 0 Å². The molecule has 0 saturated heterocycles. The summed E-state index contributed by atoms with van der Waals surface area (Å²) in [5.74, 6) is -0.00569. The Morgan fingerprint density at radius 1 is 1.25 bits per heavy atom. The zero-order valence-electron chi connectivity index (χ0n) is 8.09. The molecule has 6 heteroatoms. The Kier molecular flexibility index (Phi) is 3.48. The van der Waals surface area contributed by atoms with Crippen molar-refractivity contribution < 1.29 is 4.74 Å². The third-order valence-corrected chi connectivity index (χ3v) is 2.71. The largest absolute Gasteiger partial charge is 0.469 e. The van der Waals surface area contributed by atoms with Crippen LogP contribution in [0.15, 0.2) is 35.1 Å². The van der Waals surface area contributed by atoms with Crippen LogP contribution in [0, 0.1) is 0 Å². The van der Waals surface area contributed by atoms with Crippen LogP contribution in [0.25, 0.3) is 0 Å². The summed E-state index contributed by atoms with van der Waals surface area (Å²) < 4.78 is 12.6. The predicted octanol–water partition coefficient (Wildman–Crippen LogP) is 2.13. The summed E-state index contributed by atoms with van der Waals surface area (Å²) in [7, 11) is 0. The van der Waals surface area contributed by atoms with Crippen molar-refractivity contribution in [3.8, 4) is 5.88 Å². The summed E-state index contributed by atoms with van der Waals surface area (Å²) >= 11 is 6.41. The molecule has 0 fully saturated rings. The van der Waals surface area contributed by atoms with Crippen LogP contribution in [0.2, 0.25) is 5.15 Å². The van der Waals surface area contributed by atoms with Crippen LogP contribution in [-0.4, -0.2) is 8.75 Å². The fourth-order valence-electron chi connectivity index (χ4n) is 1.08. The Morgan fingerprint density at radius 2 is 2.00 bits per heavy atom. The number of hydrogen-bond donors (Lipinski definition) is 0. The molecule has 1 aromatic carbocycles. The first-order chi connectivity index (χ1) is 7.77. The van der Waals surface area contributed by atoms with E-state index in [1.54, 1.807) is 0 Å². The zero-order chi connectivity index (χ0) is 11.4. The summed E-state index contributed by atoms with van der Waals surface area (Å²) in [5.41, 5.74) is 0.484. The summed E-state index contributed by atoms with van der Waals surface area (Å²) in [4.78, 5) is 11.4. The van der Waals surface area contributed by atoms with Crippen LogP contribution in [0.5, 0.6) is 5.88 Å². The van der Waals surface area contributed by atoms with Crippen molar-refractivity contribution in [2.24, 2.45) is 0 Å². The number of hydrogen-bond acceptors (Lipinski definition) is 5. The standard InChI is InChI=1S/C10H7ClN2O2S/c11-9-8(14)10(13-16-12-9)15-6-7-4-2-1-3-5-7/h1-5H,6H2. The molecule has 0 bridgehead atoms. The fourth-order valence-corrected chi connectivity index (χ4v) is 1.66. The second-order valence-electron chi connectivity index (χ2n) is 2.96. The van der Waals surface area contributed by atoms with E-state index in [1.807, 2.05) is 30.3 Å². The summed E-state index contributed by atoms with van der Waals surface area (Å²) in [6.45, 7) is 0.288. The first-order valence-corrected chi connectivity index (χ1v) is 5.57. The van der Waals surface area contributed by atoms with Crippen LogP contribution >= 0.6 is 23.3 Å². The molecule has 1 aromatic heterocycles. The number of aromatic nitrogens is 2. The molecule has 0 atom stereocenters. The highest BCUT2D eigenvalue weighted by atomic mass is 35.5. The molecule has 0 aliphatic heterocycles. The number of halogens is 1. The van der Waals surface area contributed by atoms with E-state index in [2.05, 4.69) is 8.75 Å². The van der Waals surface area contributed by atoms with Crippen molar-refractivity contribution >= 4 is 23.3 Å². The molecule has 0 aliphatic rings. The number of ether oxygens (including phenoxy) is 1. The van der Waals surface area contributed by atoms with Crippen molar-refractivity contribution in [1.82, 2.24) is 8.75 Å². The van der Waals surface area contributed by atoms with E-state index in [-0.39, 0.29) is 17.6 Å². The minimum absolute atomic E-state index is 0.00569.